The first-order chi connectivity index (χ1) is 9.63. The van der Waals surface area contributed by atoms with E-state index in [-0.39, 0.29) is 5.91 Å². The first kappa shape index (κ1) is 13.0. The van der Waals surface area contributed by atoms with E-state index in [4.69, 9.17) is 5.73 Å². The number of aryl methyl sites for hydroxylation is 2. The fourth-order valence-electron chi connectivity index (χ4n) is 2.41. The first-order valence-electron chi connectivity index (χ1n) is 7.15. The molecule has 5 heteroatoms. The van der Waals surface area contributed by atoms with E-state index >= 15 is 0 Å². The van der Waals surface area contributed by atoms with E-state index in [0.717, 1.165) is 36.8 Å². The van der Waals surface area contributed by atoms with Gasteiger partial charge >= 0.3 is 0 Å². The fraction of sp³-hybridized carbons (Fsp3) is 0.467. The maximum atomic E-state index is 11.7. The molecule has 1 fully saturated rings. The van der Waals surface area contributed by atoms with Crippen molar-refractivity contribution in [1.82, 2.24) is 14.9 Å². The summed E-state index contributed by atoms with van der Waals surface area (Å²) in [5, 5.41) is 3.00. The molecule has 1 aliphatic rings. The molecule has 0 saturated heterocycles. The predicted molar refractivity (Wildman–Crippen MR) is 79.3 cm³/mol. The minimum absolute atomic E-state index is 0.145. The van der Waals surface area contributed by atoms with Crippen LogP contribution in [0.4, 0.5) is 5.95 Å². The maximum Gasteiger partial charge on any atom is 0.220 e. The molecular weight excluding hydrogens is 252 g/mol. The molecule has 1 amide bonds. The van der Waals surface area contributed by atoms with Crippen molar-refractivity contribution in [3.8, 4) is 0 Å². The number of anilines is 1. The second-order valence-corrected chi connectivity index (χ2v) is 5.56. The quantitative estimate of drug-likeness (QED) is 0.874. The van der Waals surface area contributed by atoms with Gasteiger partial charge in [-0.2, -0.15) is 0 Å². The van der Waals surface area contributed by atoms with Gasteiger partial charge in [-0.05, 0) is 43.9 Å². The number of fused-ring (bicyclic) bond motifs is 1. The van der Waals surface area contributed by atoms with Crippen LogP contribution in [0.25, 0.3) is 11.0 Å². The molecule has 3 rings (SSSR count). The molecule has 1 saturated carbocycles. The van der Waals surface area contributed by atoms with Crippen LogP contribution in [0.1, 0.15) is 31.2 Å². The van der Waals surface area contributed by atoms with E-state index in [1.807, 2.05) is 16.7 Å². The lowest BCUT2D eigenvalue weighted by Crippen LogP contribution is -2.25. The van der Waals surface area contributed by atoms with Gasteiger partial charge in [-0.15, -0.1) is 0 Å². The Bertz CT molecular complexity index is 643. The summed E-state index contributed by atoms with van der Waals surface area (Å²) in [5.41, 5.74) is 9.11. The smallest absolute Gasteiger partial charge is 0.220 e. The van der Waals surface area contributed by atoms with Gasteiger partial charge in [-0.3, -0.25) is 4.79 Å². The summed E-state index contributed by atoms with van der Waals surface area (Å²) >= 11 is 0. The molecule has 0 spiro atoms. The van der Waals surface area contributed by atoms with Gasteiger partial charge in [0, 0.05) is 19.0 Å². The summed E-state index contributed by atoms with van der Waals surface area (Å²) in [5.74, 6) is 0.667. The number of amides is 1. The van der Waals surface area contributed by atoms with Crippen LogP contribution >= 0.6 is 0 Å². The largest absolute Gasteiger partial charge is 0.369 e. The Kier molecular flexibility index (Phi) is 3.34. The highest BCUT2D eigenvalue weighted by Gasteiger charge is 2.22. The van der Waals surface area contributed by atoms with Gasteiger partial charge < -0.3 is 15.6 Å². The van der Waals surface area contributed by atoms with Crippen LogP contribution in [0.3, 0.4) is 0 Å². The lowest BCUT2D eigenvalue weighted by Gasteiger charge is -2.07. The van der Waals surface area contributed by atoms with Gasteiger partial charge in [0.15, 0.2) is 0 Å². The van der Waals surface area contributed by atoms with Crippen molar-refractivity contribution in [1.29, 1.82) is 0 Å². The number of hydrogen-bond acceptors (Lipinski definition) is 3. The van der Waals surface area contributed by atoms with Crippen molar-refractivity contribution < 1.29 is 4.79 Å². The average molecular weight is 272 g/mol. The third kappa shape index (κ3) is 2.76. The van der Waals surface area contributed by atoms with E-state index < -0.39 is 0 Å². The van der Waals surface area contributed by atoms with E-state index in [9.17, 15) is 4.79 Å². The lowest BCUT2D eigenvalue weighted by atomic mass is 10.2. The zero-order chi connectivity index (χ0) is 14.1. The van der Waals surface area contributed by atoms with Gasteiger partial charge in [-0.1, -0.05) is 6.07 Å². The Hall–Kier alpha value is -2.04. The summed E-state index contributed by atoms with van der Waals surface area (Å²) in [7, 11) is 0. The Morgan fingerprint density at radius 3 is 3.05 bits per heavy atom. The van der Waals surface area contributed by atoms with Crippen LogP contribution in [0.15, 0.2) is 18.2 Å². The highest BCUT2D eigenvalue weighted by Crippen LogP contribution is 2.21. The number of hydrogen-bond donors (Lipinski definition) is 2. The van der Waals surface area contributed by atoms with Crippen molar-refractivity contribution in [2.45, 2.75) is 45.2 Å². The second kappa shape index (κ2) is 5.15. The zero-order valence-electron chi connectivity index (χ0n) is 11.7. The highest BCUT2D eigenvalue weighted by molar-refractivity contribution is 5.79. The molecular formula is C15H20N4O. The van der Waals surface area contributed by atoms with Gasteiger partial charge in [0.05, 0.1) is 11.0 Å². The molecule has 20 heavy (non-hydrogen) atoms. The zero-order valence-corrected chi connectivity index (χ0v) is 11.7. The Labute approximate surface area is 118 Å². The molecule has 2 aromatic rings. The number of carbonyl (C=O) groups excluding carboxylic acids is 1. The minimum Gasteiger partial charge on any atom is -0.369 e. The van der Waals surface area contributed by atoms with E-state index in [0.29, 0.717) is 18.4 Å². The summed E-state index contributed by atoms with van der Waals surface area (Å²) < 4.78 is 1.99. The minimum atomic E-state index is 0.145. The molecule has 1 aliphatic carbocycles. The molecule has 1 aromatic carbocycles. The summed E-state index contributed by atoms with van der Waals surface area (Å²) in [6.45, 7) is 2.78. The number of benzene rings is 1. The Balaban J connectivity index is 1.65. The number of nitrogens with two attached hydrogens (primary N) is 1. The second-order valence-electron chi connectivity index (χ2n) is 5.56. The van der Waals surface area contributed by atoms with Gasteiger partial charge in [0.2, 0.25) is 11.9 Å². The molecule has 106 valence electrons. The molecule has 0 atom stereocenters. The number of nitrogens with one attached hydrogen (secondary N) is 1. The monoisotopic (exact) mass is 272 g/mol. The molecule has 0 radical (unpaired) electrons. The molecule has 5 nitrogen and oxygen atoms in total. The SMILES string of the molecule is Cc1ccc2nc(N)n(CCCC(=O)NC3CC3)c2c1. The van der Waals surface area contributed by atoms with Crippen LogP contribution in [0.2, 0.25) is 0 Å². The van der Waals surface area contributed by atoms with Crippen molar-refractivity contribution >= 4 is 22.9 Å². The molecule has 3 N–H and O–H groups in total. The third-order valence-corrected chi connectivity index (χ3v) is 3.66. The van der Waals surface area contributed by atoms with Crippen LogP contribution < -0.4 is 11.1 Å². The molecule has 0 unspecified atom stereocenters. The van der Waals surface area contributed by atoms with Crippen LogP contribution in [-0.2, 0) is 11.3 Å². The molecule has 1 heterocycles. The number of nitrogens with zero attached hydrogens (tertiary/aromatic N) is 2. The van der Waals surface area contributed by atoms with E-state index in [1.54, 1.807) is 0 Å². The number of nitrogen functional groups attached to an aromatic ring is 1. The number of imidazole rings is 1. The van der Waals surface area contributed by atoms with E-state index in [1.165, 1.54) is 5.56 Å². The van der Waals surface area contributed by atoms with Crippen molar-refractivity contribution in [2.24, 2.45) is 0 Å². The maximum absolute atomic E-state index is 11.7. The van der Waals surface area contributed by atoms with Crippen molar-refractivity contribution in [3.63, 3.8) is 0 Å². The van der Waals surface area contributed by atoms with Gasteiger partial charge in [0.1, 0.15) is 0 Å². The van der Waals surface area contributed by atoms with Gasteiger partial charge in [0.25, 0.3) is 0 Å². The predicted octanol–water partition coefficient (Wildman–Crippen LogP) is 1.99. The fourth-order valence-corrected chi connectivity index (χ4v) is 2.41. The summed E-state index contributed by atoms with van der Waals surface area (Å²) in [6, 6.07) is 6.53. The average Bonchev–Trinajstić information content (AvgIpc) is 3.15. The number of rotatable bonds is 5. The van der Waals surface area contributed by atoms with Crippen LogP contribution in [-0.4, -0.2) is 21.5 Å². The lowest BCUT2D eigenvalue weighted by molar-refractivity contribution is -0.121. The van der Waals surface area contributed by atoms with Crippen molar-refractivity contribution in [2.75, 3.05) is 5.73 Å². The number of carbonyl (C=O) groups is 1. The van der Waals surface area contributed by atoms with Crippen LogP contribution in [0, 0.1) is 6.92 Å². The first-order valence-corrected chi connectivity index (χ1v) is 7.15. The standard InChI is InChI=1S/C15H20N4O/c1-10-4-7-12-13(9-10)19(15(16)18-12)8-2-3-14(20)17-11-5-6-11/h4,7,9,11H,2-3,5-6,8H2,1H3,(H2,16,18)(H,17,20). The van der Waals surface area contributed by atoms with E-state index in [2.05, 4.69) is 23.3 Å². The molecule has 0 bridgehead atoms. The van der Waals surface area contributed by atoms with Gasteiger partial charge in [-0.25, -0.2) is 4.98 Å². The Morgan fingerprint density at radius 2 is 2.30 bits per heavy atom. The topological polar surface area (TPSA) is 72.9 Å². The molecule has 1 aromatic heterocycles. The number of aromatic nitrogens is 2. The normalized spacial score (nSPS) is 14.7. The van der Waals surface area contributed by atoms with Crippen molar-refractivity contribution in [3.05, 3.63) is 23.8 Å². The molecule has 0 aliphatic heterocycles. The highest BCUT2D eigenvalue weighted by atomic mass is 16.1. The third-order valence-electron chi connectivity index (χ3n) is 3.66. The van der Waals surface area contributed by atoms with Crippen LogP contribution in [0.5, 0.6) is 0 Å². The summed E-state index contributed by atoms with van der Waals surface area (Å²) in [6.07, 6.45) is 3.58. The Morgan fingerprint density at radius 1 is 1.50 bits per heavy atom. The summed E-state index contributed by atoms with van der Waals surface area (Å²) in [4.78, 5) is 16.0.